The van der Waals surface area contributed by atoms with Gasteiger partial charge in [0.25, 0.3) is 0 Å². The summed E-state index contributed by atoms with van der Waals surface area (Å²) >= 11 is 5.95. The molecular formula is C23H29N5O2S2. The highest BCUT2D eigenvalue weighted by Crippen LogP contribution is 2.28. The smallest absolute Gasteiger partial charge is 0.204 e. The highest BCUT2D eigenvalue weighted by molar-refractivity contribution is 7.91. The monoisotopic (exact) mass is 471 g/mol. The van der Waals surface area contributed by atoms with E-state index in [4.69, 9.17) is 17.3 Å². The molecule has 0 saturated carbocycles. The van der Waals surface area contributed by atoms with Gasteiger partial charge in [0.05, 0.1) is 23.9 Å². The van der Waals surface area contributed by atoms with Gasteiger partial charge in [-0.3, -0.25) is 14.5 Å². The molecule has 32 heavy (non-hydrogen) atoms. The molecule has 1 saturated heterocycles. The molecule has 3 heterocycles. The molecule has 7 nitrogen and oxygen atoms in total. The van der Waals surface area contributed by atoms with Crippen molar-refractivity contribution in [3.63, 3.8) is 0 Å². The van der Waals surface area contributed by atoms with Crippen LogP contribution in [0.25, 0.3) is 17.1 Å². The summed E-state index contributed by atoms with van der Waals surface area (Å²) in [4.78, 5) is 6.33. The molecule has 1 aliphatic rings. The first-order valence-electron chi connectivity index (χ1n) is 11.0. The van der Waals surface area contributed by atoms with Crippen molar-refractivity contribution in [1.82, 2.24) is 24.2 Å². The molecule has 1 aromatic carbocycles. The van der Waals surface area contributed by atoms with E-state index in [1.54, 1.807) is 17.1 Å². The summed E-state index contributed by atoms with van der Waals surface area (Å²) in [5.41, 5.74) is 4.39. The summed E-state index contributed by atoms with van der Waals surface area (Å²) in [6.45, 7) is 4.71. The van der Waals surface area contributed by atoms with Gasteiger partial charge in [-0.25, -0.2) is 13.1 Å². The molecule has 0 bridgehead atoms. The second-order valence-electron chi connectivity index (χ2n) is 8.27. The molecule has 3 aromatic rings. The Morgan fingerprint density at radius 3 is 2.44 bits per heavy atom. The maximum absolute atomic E-state index is 12.0. The van der Waals surface area contributed by atoms with E-state index in [-0.39, 0.29) is 17.5 Å². The number of pyridine rings is 1. The minimum Gasteiger partial charge on any atom is -0.283 e. The summed E-state index contributed by atoms with van der Waals surface area (Å²) in [6.07, 6.45) is 5.93. The predicted octanol–water partition coefficient (Wildman–Crippen LogP) is 3.67. The SMILES string of the molecule is CCc1cccc(CC)c1-n1c(-c2cccnc2)nn(CN(C)C2CCS(=O)(=O)C2)c1=S. The molecule has 1 aliphatic heterocycles. The largest absolute Gasteiger partial charge is 0.283 e. The quantitative estimate of drug-likeness (QED) is 0.490. The van der Waals surface area contributed by atoms with Gasteiger partial charge in [0.2, 0.25) is 4.77 Å². The lowest BCUT2D eigenvalue weighted by Gasteiger charge is -2.22. The Bertz CT molecular complexity index is 1240. The zero-order valence-electron chi connectivity index (χ0n) is 18.7. The number of aryl methyl sites for hydroxylation is 2. The minimum absolute atomic E-state index is 0.0250. The molecule has 1 unspecified atom stereocenters. The predicted molar refractivity (Wildman–Crippen MR) is 129 cm³/mol. The van der Waals surface area contributed by atoms with E-state index in [0.717, 1.165) is 29.9 Å². The fourth-order valence-corrected chi connectivity index (χ4v) is 6.42. The number of hydrogen-bond donors (Lipinski definition) is 0. The van der Waals surface area contributed by atoms with Crippen LogP contribution in [0.4, 0.5) is 0 Å². The van der Waals surface area contributed by atoms with E-state index in [1.165, 1.54) is 11.1 Å². The van der Waals surface area contributed by atoms with E-state index in [2.05, 4.69) is 41.6 Å². The number of aromatic nitrogens is 4. The van der Waals surface area contributed by atoms with Gasteiger partial charge in [-0.15, -0.1) is 5.10 Å². The first-order valence-corrected chi connectivity index (χ1v) is 13.2. The molecule has 9 heteroatoms. The number of benzene rings is 1. The number of nitrogens with zero attached hydrogens (tertiary/aromatic N) is 5. The van der Waals surface area contributed by atoms with Crippen molar-refractivity contribution in [2.75, 3.05) is 18.6 Å². The van der Waals surface area contributed by atoms with Crippen LogP contribution in [-0.2, 0) is 29.3 Å². The van der Waals surface area contributed by atoms with Crippen LogP contribution in [0.2, 0.25) is 0 Å². The van der Waals surface area contributed by atoms with Crippen LogP contribution in [0.15, 0.2) is 42.7 Å². The molecule has 4 rings (SSSR count). The number of hydrogen-bond acceptors (Lipinski definition) is 6. The first kappa shape index (κ1) is 22.8. The Morgan fingerprint density at radius 1 is 1.16 bits per heavy atom. The van der Waals surface area contributed by atoms with E-state index >= 15 is 0 Å². The zero-order chi connectivity index (χ0) is 22.9. The second-order valence-corrected chi connectivity index (χ2v) is 10.9. The zero-order valence-corrected chi connectivity index (χ0v) is 20.4. The Hall–Kier alpha value is -2.36. The van der Waals surface area contributed by atoms with Crippen molar-refractivity contribution >= 4 is 22.1 Å². The van der Waals surface area contributed by atoms with Crippen LogP contribution in [0.5, 0.6) is 0 Å². The summed E-state index contributed by atoms with van der Waals surface area (Å²) in [7, 11) is -1.02. The minimum atomic E-state index is -2.96. The van der Waals surface area contributed by atoms with Crippen LogP contribution in [-0.4, -0.2) is 57.2 Å². The molecule has 0 spiro atoms. The van der Waals surface area contributed by atoms with Gasteiger partial charge in [-0.05, 0) is 61.8 Å². The lowest BCUT2D eigenvalue weighted by Crippen LogP contribution is -2.34. The molecule has 0 radical (unpaired) electrons. The lowest BCUT2D eigenvalue weighted by atomic mass is 10.0. The van der Waals surface area contributed by atoms with Gasteiger partial charge in [0.15, 0.2) is 15.7 Å². The summed E-state index contributed by atoms with van der Waals surface area (Å²) in [5.74, 6) is 1.17. The molecule has 2 aromatic heterocycles. The van der Waals surface area contributed by atoms with Crippen molar-refractivity contribution < 1.29 is 8.42 Å². The number of para-hydroxylation sites is 1. The highest BCUT2D eigenvalue weighted by Gasteiger charge is 2.31. The van der Waals surface area contributed by atoms with E-state index in [9.17, 15) is 8.42 Å². The van der Waals surface area contributed by atoms with Gasteiger partial charge in [0, 0.05) is 24.0 Å². The maximum Gasteiger partial charge on any atom is 0.204 e. The normalized spacial score (nSPS) is 17.8. The van der Waals surface area contributed by atoms with Gasteiger partial charge in [-0.1, -0.05) is 32.0 Å². The lowest BCUT2D eigenvalue weighted by molar-refractivity contribution is 0.196. The average Bonchev–Trinajstić information content (AvgIpc) is 3.32. The Balaban J connectivity index is 1.84. The van der Waals surface area contributed by atoms with Gasteiger partial charge < -0.3 is 0 Å². The van der Waals surface area contributed by atoms with Crippen molar-refractivity contribution in [2.45, 2.75) is 45.8 Å². The van der Waals surface area contributed by atoms with Gasteiger partial charge >= 0.3 is 0 Å². The van der Waals surface area contributed by atoms with Gasteiger partial charge in [-0.2, -0.15) is 0 Å². The van der Waals surface area contributed by atoms with Crippen LogP contribution in [0, 0.1) is 4.77 Å². The van der Waals surface area contributed by atoms with E-state index < -0.39 is 9.84 Å². The molecular weight excluding hydrogens is 442 g/mol. The number of rotatable bonds is 7. The fourth-order valence-electron chi connectivity index (χ4n) is 4.34. The topological polar surface area (TPSA) is 73.0 Å². The molecule has 170 valence electrons. The molecule has 0 aliphatic carbocycles. The highest BCUT2D eigenvalue weighted by atomic mass is 32.2. The van der Waals surface area contributed by atoms with Crippen LogP contribution in [0.1, 0.15) is 31.4 Å². The number of sulfone groups is 1. The third kappa shape index (κ3) is 4.42. The summed E-state index contributed by atoms with van der Waals surface area (Å²) in [5, 5.41) is 4.90. The van der Waals surface area contributed by atoms with E-state index in [1.807, 2.05) is 24.1 Å². The third-order valence-electron chi connectivity index (χ3n) is 6.14. The molecule has 0 amide bonds. The standard InChI is InChI=1S/C23H29N5O2S2/c1-4-17-8-6-9-18(5-2)21(17)28-22(19-10-7-12-24-14-19)25-27(23(28)31)16-26(3)20-11-13-32(29,30)15-20/h6-10,12,14,20H,4-5,11,13,15-16H2,1-3H3. The van der Waals surface area contributed by atoms with Crippen molar-refractivity contribution in [3.05, 3.63) is 58.6 Å². The average molecular weight is 472 g/mol. The van der Waals surface area contributed by atoms with Crippen LogP contribution >= 0.6 is 12.2 Å². The van der Waals surface area contributed by atoms with Gasteiger partial charge in [0.1, 0.15) is 0 Å². The molecule has 1 atom stereocenters. The Kier molecular flexibility index (Phi) is 6.60. The van der Waals surface area contributed by atoms with Crippen LogP contribution in [0.3, 0.4) is 0 Å². The Morgan fingerprint density at radius 2 is 1.88 bits per heavy atom. The van der Waals surface area contributed by atoms with Crippen molar-refractivity contribution in [1.29, 1.82) is 0 Å². The van der Waals surface area contributed by atoms with Crippen LogP contribution < -0.4 is 0 Å². The molecule has 0 N–H and O–H groups in total. The first-order chi connectivity index (χ1) is 15.3. The summed E-state index contributed by atoms with van der Waals surface area (Å²) < 4.78 is 28.4. The fraction of sp³-hybridized carbons (Fsp3) is 0.435. The Labute approximate surface area is 194 Å². The van der Waals surface area contributed by atoms with E-state index in [0.29, 0.717) is 17.9 Å². The van der Waals surface area contributed by atoms with Crippen molar-refractivity contribution in [2.24, 2.45) is 0 Å². The maximum atomic E-state index is 12.0. The summed E-state index contributed by atoms with van der Waals surface area (Å²) in [6, 6.07) is 10.2. The third-order valence-corrected chi connectivity index (χ3v) is 8.28. The van der Waals surface area contributed by atoms with Crippen molar-refractivity contribution in [3.8, 4) is 17.1 Å². The second kappa shape index (κ2) is 9.25. The molecule has 1 fully saturated rings.